The molecule has 32 heteroatoms. The summed E-state index contributed by atoms with van der Waals surface area (Å²) in [4.78, 5) is 71.0. The van der Waals surface area contributed by atoms with Gasteiger partial charge in [0.1, 0.15) is 40.7 Å². The lowest BCUT2D eigenvalue weighted by molar-refractivity contribution is 0.0695. The number of carbonyl (C=O) groups excluding carboxylic acids is 2. The second kappa shape index (κ2) is 31.5. The minimum atomic E-state index is -1.17. The van der Waals surface area contributed by atoms with Crippen LogP contribution in [0.25, 0.3) is 65.8 Å². The molecule has 0 unspecified atom stereocenters. The third-order valence-corrected chi connectivity index (χ3v) is 16.8. The SMILES string of the molecule is Cl.N#Cc1nn(Cc2ccc3ncc(Cl)cc3c2)cc1C(=O)NCc1cnc2[nH]cc(Cl)c2c1.N#Cc1nn(Cc2ccc3ncc(Cl)cc3c2)cc1C(=O)NCc1cnc2[nH]cc(Cl)c2c1.N#Cc1nn(Cc2ccc3ncc(Cl)cc3c2)cc1C(=O)O.NCc1cnc2[nH]cc(Cl)c2c1. The molecule has 0 saturated carbocycles. The first-order chi connectivity index (χ1) is 48.4. The number of carboxylic acid groups (broad SMARTS) is 1. The van der Waals surface area contributed by atoms with E-state index in [0.29, 0.717) is 67.6 Å². The number of fused-ring (bicyclic) bond motifs is 6. The number of aromatic nitrogens is 15. The molecule has 12 heterocycles. The molecule has 0 spiro atoms. The monoisotopic (exact) mass is 1480 g/mol. The van der Waals surface area contributed by atoms with Gasteiger partial charge in [0, 0.05) is 126 Å². The third kappa shape index (κ3) is 16.8. The Morgan fingerprint density at radius 1 is 0.446 bits per heavy atom. The summed E-state index contributed by atoms with van der Waals surface area (Å²) >= 11 is 36.2. The number of pyridine rings is 6. The Balaban J connectivity index is 0.000000142. The van der Waals surface area contributed by atoms with Crippen molar-refractivity contribution in [2.45, 2.75) is 39.3 Å². The van der Waals surface area contributed by atoms with E-state index in [1.54, 1.807) is 89.7 Å². The summed E-state index contributed by atoms with van der Waals surface area (Å²) in [5.74, 6) is -1.96. The van der Waals surface area contributed by atoms with Crippen LogP contribution >= 0.6 is 82.0 Å². The van der Waals surface area contributed by atoms with Crippen LogP contribution in [0.4, 0.5) is 0 Å². The van der Waals surface area contributed by atoms with Crippen molar-refractivity contribution in [3.63, 3.8) is 0 Å². The maximum absolute atomic E-state index is 12.8. The molecule has 0 atom stereocenters. The lowest BCUT2D eigenvalue weighted by atomic mass is 10.1. The minimum Gasteiger partial charge on any atom is -0.478 e. The number of H-pyrrole nitrogens is 3. The van der Waals surface area contributed by atoms with Crippen LogP contribution in [-0.2, 0) is 39.3 Å². The summed E-state index contributed by atoms with van der Waals surface area (Å²) in [6, 6.07) is 34.1. The molecule has 25 nitrogen and oxygen atoms in total. The van der Waals surface area contributed by atoms with Gasteiger partial charge in [0.2, 0.25) is 0 Å². The number of nitrogens with zero attached hydrogens (tertiary/aromatic N) is 15. The molecule has 15 rings (SSSR count). The Hall–Kier alpha value is -11.5. The number of carbonyl (C=O) groups is 3. The van der Waals surface area contributed by atoms with E-state index >= 15 is 0 Å². The van der Waals surface area contributed by atoms with E-state index < -0.39 is 17.8 Å². The van der Waals surface area contributed by atoms with Crippen LogP contribution in [0, 0.1) is 34.0 Å². The number of amides is 2. The highest BCUT2D eigenvalue weighted by Crippen LogP contribution is 2.27. The highest BCUT2D eigenvalue weighted by molar-refractivity contribution is 6.36. The fourth-order valence-electron chi connectivity index (χ4n) is 10.5. The van der Waals surface area contributed by atoms with Crippen molar-refractivity contribution in [1.82, 2.24) is 84.8 Å². The summed E-state index contributed by atoms with van der Waals surface area (Å²) in [5.41, 5.74) is 15.8. The third-order valence-electron chi connectivity index (χ3n) is 15.2. The molecule has 0 bridgehead atoms. The van der Waals surface area contributed by atoms with Crippen LogP contribution in [-0.4, -0.2) is 97.1 Å². The summed E-state index contributed by atoms with van der Waals surface area (Å²) in [5, 5.41) is 63.6. The Morgan fingerprint density at radius 3 is 1.10 bits per heavy atom. The van der Waals surface area contributed by atoms with Crippen molar-refractivity contribution in [3.05, 3.63) is 263 Å². The zero-order chi connectivity index (χ0) is 70.1. The predicted octanol–water partition coefficient (Wildman–Crippen LogP) is 13.7. The standard InChI is InChI=1S/2C23H15Cl2N7O.C15H9ClN4O2.C8H8ClN3.ClH/c2*24-16-5-15-3-13(1-2-20(15)27-9-16)11-32-12-18(21(6-26)31-32)23(33)30-8-14-4-17-19(25)10-29-22(17)28-7-14;16-11-4-10-3-9(1-2-13(10)18-6-11)7-20-8-12(15(21)22)14(5-17)19-20;9-7-4-12-8-6(7)1-5(2-10)3-11-8;/h2*1-5,7,9-10,12H,8,11H2,(H,28,29)(H,30,33);1-4,6,8H,7H2,(H,21,22);1,3-4H,2,10H2,(H,11,12);1H. The van der Waals surface area contributed by atoms with Crippen LogP contribution in [0.15, 0.2) is 165 Å². The average molecular weight is 1480 g/mol. The Bertz CT molecular complexity index is 5570. The molecular weight excluding hydrogens is 1440 g/mol. The van der Waals surface area contributed by atoms with Gasteiger partial charge in [-0.15, -0.1) is 12.4 Å². The quantitative estimate of drug-likeness (QED) is 0.0532. The van der Waals surface area contributed by atoms with Crippen molar-refractivity contribution in [2.24, 2.45) is 5.73 Å². The molecule has 0 aliphatic rings. The van der Waals surface area contributed by atoms with E-state index in [9.17, 15) is 24.9 Å². The van der Waals surface area contributed by atoms with E-state index in [1.807, 2.05) is 97.1 Å². The summed E-state index contributed by atoms with van der Waals surface area (Å²) in [6.45, 7) is 2.08. The number of aromatic amines is 3. The highest BCUT2D eigenvalue weighted by Gasteiger charge is 2.20. The van der Waals surface area contributed by atoms with Crippen LogP contribution in [0.1, 0.15) is 81.5 Å². The van der Waals surface area contributed by atoms with Crippen molar-refractivity contribution >= 4 is 166 Å². The molecular formula is C69H48Cl7N21O4. The molecule has 12 aromatic heterocycles. The first-order valence-corrected chi connectivity index (χ1v) is 32.0. The van der Waals surface area contributed by atoms with E-state index in [-0.39, 0.29) is 59.3 Å². The molecule has 2 amide bonds. The molecule has 0 fully saturated rings. The number of halogens is 7. The van der Waals surface area contributed by atoms with Gasteiger partial charge in [-0.1, -0.05) is 87.8 Å². The number of nitrogens with two attached hydrogens (primary N) is 1. The molecule has 0 radical (unpaired) electrons. The number of nitrogens with one attached hydrogen (secondary N) is 5. The van der Waals surface area contributed by atoms with Gasteiger partial charge < -0.3 is 36.4 Å². The maximum Gasteiger partial charge on any atom is 0.340 e. The number of rotatable bonds is 14. The van der Waals surface area contributed by atoms with Gasteiger partial charge in [0.25, 0.3) is 11.8 Å². The van der Waals surface area contributed by atoms with Gasteiger partial charge in [-0.05, 0) is 106 Å². The Morgan fingerprint density at radius 2 is 0.772 bits per heavy atom. The van der Waals surface area contributed by atoms with Gasteiger partial charge >= 0.3 is 5.97 Å². The smallest absolute Gasteiger partial charge is 0.340 e. The van der Waals surface area contributed by atoms with E-state index in [2.05, 4.69) is 70.8 Å². The lowest BCUT2D eigenvalue weighted by Gasteiger charge is -2.05. The van der Waals surface area contributed by atoms with Gasteiger partial charge in [-0.25, -0.2) is 19.7 Å². The highest BCUT2D eigenvalue weighted by atomic mass is 35.5. The normalized spacial score (nSPS) is 10.8. The zero-order valence-corrected chi connectivity index (χ0v) is 57.3. The van der Waals surface area contributed by atoms with E-state index in [0.717, 1.165) is 87.9 Å². The zero-order valence-electron chi connectivity index (χ0n) is 52.0. The van der Waals surface area contributed by atoms with Gasteiger partial charge in [0.05, 0.1) is 77.4 Å². The molecule has 15 aromatic rings. The summed E-state index contributed by atoms with van der Waals surface area (Å²) in [7, 11) is 0. The topological polar surface area (TPSA) is 371 Å². The van der Waals surface area contributed by atoms with Gasteiger partial charge in [0.15, 0.2) is 17.1 Å². The predicted molar refractivity (Wildman–Crippen MR) is 386 cm³/mol. The van der Waals surface area contributed by atoms with Crippen LogP contribution < -0.4 is 16.4 Å². The Kier molecular flexibility index (Phi) is 22.1. The summed E-state index contributed by atoms with van der Waals surface area (Å²) < 4.78 is 4.57. The van der Waals surface area contributed by atoms with Crippen LogP contribution in [0.2, 0.25) is 30.1 Å². The van der Waals surface area contributed by atoms with E-state index in [4.69, 9.17) is 85.7 Å². The largest absolute Gasteiger partial charge is 0.478 e. The second-order valence-corrected chi connectivity index (χ2v) is 24.7. The Labute approximate surface area is 607 Å². The number of carboxylic acids is 1. The molecule has 0 aliphatic carbocycles. The van der Waals surface area contributed by atoms with Gasteiger partial charge in [-0.2, -0.15) is 31.1 Å². The number of aromatic carboxylic acids is 1. The van der Waals surface area contributed by atoms with E-state index in [1.165, 1.54) is 10.9 Å². The van der Waals surface area contributed by atoms with Crippen molar-refractivity contribution in [3.8, 4) is 18.2 Å². The number of nitriles is 3. The number of hydrogen-bond donors (Lipinski definition) is 7. The second-order valence-electron chi connectivity index (χ2n) is 22.1. The average Bonchev–Trinajstić information content (AvgIpc) is 1.74. The number of hydrogen-bond acceptors (Lipinski definition) is 16. The molecule has 0 aliphatic heterocycles. The maximum atomic E-state index is 12.8. The van der Waals surface area contributed by atoms with Gasteiger partial charge in [-0.3, -0.25) is 38.6 Å². The molecule has 101 heavy (non-hydrogen) atoms. The molecule has 0 saturated heterocycles. The first-order valence-electron chi connectivity index (χ1n) is 29.8. The summed E-state index contributed by atoms with van der Waals surface area (Å²) in [6.07, 6.45) is 19.4. The number of benzene rings is 3. The van der Waals surface area contributed by atoms with Crippen LogP contribution in [0.5, 0.6) is 0 Å². The fraction of sp³-hybridized carbons (Fsp3) is 0.0870. The lowest BCUT2D eigenvalue weighted by Crippen LogP contribution is -2.23. The first kappa shape index (κ1) is 70.8. The molecule has 8 N–H and O–H groups in total. The molecule has 502 valence electrons. The fourth-order valence-corrected chi connectivity index (χ4v) is 11.6. The minimum absolute atomic E-state index is 0. The van der Waals surface area contributed by atoms with Crippen molar-refractivity contribution < 1.29 is 19.5 Å². The van der Waals surface area contributed by atoms with Crippen molar-refractivity contribution in [2.75, 3.05) is 0 Å². The molecule has 3 aromatic carbocycles. The van der Waals surface area contributed by atoms with Crippen molar-refractivity contribution in [1.29, 1.82) is 15.8 Å². The van der Waals surface area contributed by atoms with Crippen LogP contribution in [0.3, 0.4) is 0 Å².